The summed E-state index contributed by atoms with van der Waals surface area (Å²) < 4.78 is 2.08. The summed E-state index contributed by atoms with van der Waals surface area (Å²) in [6, 6.07) is 33.9. The van der Waals surface area contributed by atoms with Crippen LogP contribution in [-0.4, -0.2) is 28.2 Å². The molecule has 0 saturated heterocycles. The summed E-state index contributed by atoms with van der Waals surface area (Å²) in [6.45, 7) is -0.133. The number of benzene rings is 4. The summed E-state index contributed by atoms with van der Waals surface area (Å²) in [6.07, 6.45) is 2.63. The molecule has 4 nitrogen and oxygen atoms in total. The third kappa shape index (κ3) is 4.75. The van der Waals surface area contributed by atoms with Crippen LogP contribution in [-0.2, 0) is 13.5 Å². The quantitative estimate of drug-likeness (QED) is 0.320. The van der Waals surface area contributed by atoms with E-state index in [4.69, 9.17) is 0 Å². The Hall–Kier alpha value is -4.15. The van der Waals surface area contributed by atoms with Crippen LogP contribution in [0.2, 0.25) is 0 Å². The lowest BCUT2D eigenvalue weighted by atomic mass is 9.93. The average Bonchev–Trinajstić information content (AvgIpc) is 3.23. The Morgan fingerprint density at radius 1 is 0.829 bits per heavy atom. The maximum Gasteiger partial charge on any atom is 0.251 e. The molecule has 0 aliphatic carbocycles. The van der Waals surface area contributed by atoms with Crippen molar-refractivity contribution in [2.75, 3.05) is 6.61 Å². The monoisotopic (exact) mass is 460 g/mol. The van der Waals surface area contributed by atoms with Gasteiger partial charge in [0.2, 0.25) is 0 Å². The average molecular weight is 461 g/mol. The molecule has 1 atom stereocenters. The first-order chi connectivity index (χ1) is 17.1. The molecule has 1 amide bonds. The number of para-hydroxylation sites is 1. The van der Waals surface area contributed by atoms with Gasteiger partial charge in [-0.05, 0) is 52.4 Å². The molecule has 5 aromatic rings. The van der Waals surface area contributed by atoms with Crippen molar-refractivity contribution >= 4 is 16.8 Å². The maximum atomic E-state index is 13.2. The molecule has 0 aliphatic heterocycles. The van der Waals surface area contributed by atoms with Gasteiger partial charge in [-0.2, -0.15) is 0 Å². The summed E-state index contributed by atoms with van der Waals surface area (Å²) >= 11 is 0. The number of rotatable bonds is 7. The van der Waals surface area contributed by atoms with Gasteiger partial charge in [0.15, 0.2) is 0 Å². The number of nitrogens with one attached hydrogen (secondary N) is 1. The van der Waals surface area contributed by atoms with E-state index >= 15 is 0 Å². The number of carbonyl (C=O) groups excluding carboxylic acids is 1. The van der Waals surface area contributed by atoms with E-state index in [1.165, 1.54) is 0 Å². The number of aliphatic hydroxyl groups is 1. The minimum atomic E-state index is -0.381. The van der Waals surface area contributed by atoms with E-state index in [1.54, 1.807) is 0 Å². The van der Waals surface area contributed by atoms with Gasteiger partial charge in [-0.3, -0.25) is 4.79 Å². The molecule has 0 saturated carbocycles. The van der Waals surface area contributed by atoms with Crippen molar-refractivity contribution in [2.24, 2.45) is 7.05 Å². The van der Waals surface area contributed by atoms with Gasteiger partial charge in [-0.15, -0.1) is 0 Å². The van der Waals surface area contributed by atoms with Crippen molar-refractivity contribution in [1.29, 1.82) is 0 Å². The van der Waals surface area contributed by atoms with E-state index < -0.39 is 0 Å². The highest BCUT2D eigenvalue weighted by molar-refractivity contribution is 5.96. The Morgan fingerprint density at radius 3 is 2.26 bits per heavy atom. The number of hydrogen-bond acceptors (Lipinski definition) is 2. The van der Waals surface area contributed by atoms with Crippen LogP contribution >= 0.6 is 0 Å². The molecule has 4 heteroatoms. The Bertz CT molecular complexity index is 1470. The van der Waals surface area contributed by atoms with E-state index in [9.17, 15) is 9.90 Å². The van der Waals surface area contributed by atoms with Gasteiger partial charge in [0, 0.05) is 29.7 Å². The maximum absolute atomic E-state index is 13.2. The minimum Gasteiger partial charge on any atom is -0.394 e. The number of aliphatic hydroxyl groups excluding tert-OH is 1. The molecule has 5 rings (SSSR count). The van der Waals surface area contributed by atoms with Crippen LogP contribution in [0.4, 0.5) is 0 Å². The van der Waals surface area contributed by atoms with Gasteiger partial charge in [-0.1, -0.05) is 84.9 Å². The second kappa shape index (κ2) is 10.00. The molecule has 0 bridgehead atoms. The smallest absolute Gasteiger partial charge is 0.251 e. The van der Waals surface area contributed by atoms with Crippen LogP contribution in [0.5, 0.6) is 0 Å². The van der Waals surface area contributed by atoms with Gasteiger partial charge >= 0.3 is 0 Å². The van der Waals surface area contributed by atoms with Crippen LogP contribution in [0.25, 0.3) is 33.2 Å². The Kier molecular flexibility index (Phi) is 6.47. The zero-order valence-corrected chi connectivity index (χ0v) is 19.7. The fourth-order valence-electron chi connectivity index (χ4n) is 4.72. The Labute approximate surface area is 205 Å². The number of fused-ring (bicyclic) bond motifs is 1. The van der Waals surface area contributed by atoms with Crippen molar-refractivity contribution < 1.29 is 9.90 Å². The fraction of sp³-hybridized carbons (Fsp3) is 0.129. The van der Waals surface area contributed by atoms with Crippen molar-refractivity contribution in [3.8, 4) is 22.3 Å². The first-order valence-electron chi connectivity index (χ1n) is 11.8. The molecular weight excluding hydrogens is 432 g/mol. The first kappa shape index (κ1) is 22.6. The van der Waals surface area contributed by atoms with Gasteiger partial charge in [0.1, 0.15) is 0 Å². The van der Waals surface area contributed by atoms with Crippen molar-refractivity contribution in [3.63, 3.8) is 0 Å². The summed E-state index contributed by atoms with van der Waals surface area (Å²) in [5, 5.41) is 14.2. The zero-order chi connectivity index (χ0) is 24.2. The number of amides is 1. The van der Waals surface area contributed by atoms with Crippen LogP contribution < -0.4 is 5.32 Å². The standard InChI is InChI=1S/C31H28N2O2/c1-33-20-25(29-16-7-8-17-30(29)33)19-26(21-34)32-31(35)24-13-9-12-23(18-24)28-15-6-5-14-27(28)22-10-3-2-4-11-22/h2-18,20,26,34H,19,21H2,1H3,(H,32,35)/t26-/m1/s1. The molecule has 0 spiro atoms. The molecule has 0 aliphatic rings. The highest BCUT2D eigenvalue weighted by Gasteiger charge is 2.17. The fourth-order valence-corrected chi connectivity index (χ4v) is 4.72. The minimum absolute atomic E-state index is 0.133. The van der Waals surface area contributed by atoms with Crippen LogP contribution in [0.15, 0.2) is 109 Å². The van der Waals surface area contributed by atoms with Gasteiger partial charge in [-0.25, -0.2) is 0 Å². The van der Waals surface area contributed by atoms with Gasteiger partial charge in [0.05, 0.1) is 12.6 Å². The van der Waals surface area contributed by atoms with E-state index in [1.807, 2.05) is 73.8 Å². The molecule has 0 fully saturated rings. The second-order valence-electron chi connectivity index (χ2n) is 8.83. The predicted molar refractivity (Wildman–Crippen MR) is 142 cm³/mol. The third-order valence-corrected chi connectivity index (χ3v) is 6.45. The summed E-state index contributed by atoms with van der Waals surface area (Å²) in [5.41, 5.74) is 7.11. The van der Waals surface area contributed by atoms with E-state index in [2.05, 4.69) is 52.5 Å². The lowest BCUT2D eigenvalue weighted by molar-refractivity contribution is 0.0916. The normalized spacial score (nSPS) is 11.9. The molecule has 4 aromatic carbocycles. The van der Waals surface area contributed by atoms with Crippen LogP contribution in [0.1, 0.15) is 15.9 Å². The molecule has 0 unspecified atom stereocenters. The SMILES string of the molecule is Cn1cc(C[C@H](CO)NC(=O)c2cccc(-c3ccccc3-c3ccccc3)c2)c2ccccc21. The molecule has 2 N–H and O–H groups in total. The van der Waals surface area contributed by atoms with Gasteiger partial charge < -0.3 is 15.0 Å². The summed E-state index contributed by atoms with van der Waals surface area (Å²) in [7, 11) is 2.01. The first-order valence-corrected chi connectivity index (χ1v) is 11.8. The van der Waals surface area contributed by atoms with Gasteiger partial charge in [0.25, 0.3) is 5.91 Å². The van der Waals surface area contributed by atoms with Crippen LogP contribution in [0, 0.1) is 0 Å². The lowest BCUT2D eigenvalue weighted by Gasteiger charge is -2.17. The summed E-state index contributed by atoms with van der Waals surface area (Å²) in [5.74, 6) is -0.191. The van der Waals surface area contributed by atoms with Crippen molar-refractivity contribution in [2.45, 2.75) is 12.5 Å². The highest BCUT2D eigenvalue weighted by Crippen LogP contribution is 2.32. The van der Waals surface area contributed by atoms with Crippen molar-refractivity contribution in [1.82, 2.24) is 9.88 Å². The predicted octanol–water partition coefficient (Wildman–Crippen LogP) is 5.85. The van der Waals surface area contributed by atoms with E-state index in [0.29, 0.717) is 12.0 Å². The second-order valence-corrected chi connectivity index (χ2v) is 8.83. The number of hydrogen-bond donors (Lipinski definition) is 2. The molecule has 0 radical (unpaired) electrons. The molecule has 174 valence electrons. The lowest BCUT2D eigenvalue weighted by Crippen LogP contribution is -2.39. The Balaban J connectivity index is 1.38. The zero-order valence-electron chi connectivity index (χ0n) is 19.7. The molecule has 1 aromatic heterocycles. The highest BCUT2D eigenvalue weighted by atomic mass is 16.3. The molecular formula is C31H28N2O2. The number of nitrogens with zero attached hydrogens (tertiary/aromatic N) is 1. The molecule has 35 heavy (non-hydrogen) atoms. The third-order valence-electron chi connectivity index (χ3n) is 6.45. The summed E-state index contributed by atoms with van der Waals surface area (Å²) in [4.78, 5) is 13.2. The van der Waals surface area contributed by atoms with Crippen LogP contribution in [0.3, 0.4) is 0 Å². The van der Waals surface area contributed by atoms with E-state index in [-0.39, 0.29) is 18.6 Å². The van der Waals surface area contributed by atoms with Crippen molar-refractivity contribution in [3.05, 3.63) is 120 Å². The topological polar surface area (TPSA) is 54.3 Å². The van der Waals surface area contributed by atoms with E-state index in [0.717, 1.165) is 38.7 Å². The number of aryl methyl sites for hydroxylation is 1. The number of carbonyl (C=O) groups is 1. The molecule has 1 heterocycles. The number of aromatic nitrogens is 1. The Morgan fingerprint density at radius 2 is 1.49 bits per heavy atom. The largest absolute Gasteiger partial charge is 0.394 e.